The fraction of sp³-hybridized carbons (Fsp3) is 0.389. The van der Waals surface area contributed by atoms with Gasteiger partial charge >= 0.3 is 0 Å². The average molecular weight is 286 g/mol. The van der Waals surface area contributed by atoms with Crippen LogP contribution in [0.15, 0.2) is 30.6 Å². The van der Waals surface area contributed by atoms with Gasteiger partial charge in [-0.05, 0) is 68.1 Å². The molecule has 1 aromatic heterocycles. The van der Waals surface area contributed by atoms with Crippen molar-refractivity contribution in [2.45, 2.75) is 40.2 Å². The molecule has 0 spiro atoms. The van der Waals surface area contributed by atoms with Crippen LogP contribution in [0.3, 0.4) is 0 Å². The van der Waals surface area contributed by atoms with Gasteiger partial charge in [-0.2, -0.15) is 0 Å². The van der Waals surface area contributed by atoms with Crippen LogP contribution in [0.5, 0.6) is 0 Å². The zero-order valence-electron chi connectivity index (χ0n) is 13.2. The molecule has 1 heterocycles. The Morgan fingerprint density at radius 2 is 1.95 bits per heavy atom. The highest BCUT2D eigenvalue weighted by atomic mass is 19.1. The van der Waals surface area contributed by atoms with Gasteiger partial charge in [-0.3, -0.25) is 4.98 Å². The normalized spacial score (nSPS) is 12.4. The molecule has 0 aliphatic heterocycles. The molecule has 2 nitrogen and oxygen atoms in total. The summed E-state index contributed by atoms with van der Waals surface area (Å²) in [5, 5.41) is 3.48. The smallest absolute Gasteiger partial charge is 0.128 e. The van der Waals surface area contributed by atoms with Gasteiger partial charge in [0.25, 0.3) is 0 Å². The highest BCUT2D eigenvalue weighted by Gasteiger charge is 2.21. The molecule has 0 aliphatic rings. The predicted molar refractivity (Wildman–Crippen MR) is 85.0 cm³/mol. The summed E-state index contributed by atoms with van der Waals surface area (Å²) < 4.78 is 14.6. The van der Waals surface area contributed by atoms with Crippen molar-refractivity contribution in [3.63, 3.8) is 0 Å². The summed E-state index contributed by atoms with van der Waals surface area (Å²) in [7, 11) is 0. The second-order valence-electron chi connectivity index (χ2n) is 5.60. The van der Waals surface area contributed by atoms with E-state index in [0.29, 0.717) is 0 Å². The number of rotatable bonds is 5. The maximum Gasteiger partial charge on any atom is 0.128 e. The molecule has 0 aliphatic carbocycles. The van der Waals surface area contributed by atoms with Crippen LogP contribution >= 0.6 is 0 Å². The first-order valence-corrected chi connectivity index (χ1v) is 7.45. The van der Waals surface area contributed by atoms with E-state index in [1.165, 1.54) is 0 Å². The lowest BCUT2D eigenvalue weighted by molar-refractivity contribution is 0.541. The Kier molecular flexibility index (Phi) is 5.07. The second-order valence-corrected chi connectivity index (χ2v) is 5.60. The quantitative estimate of drug-likeness (QED) is 0.889. The minimum atomic E-state index is -0.141. The molecule has 1 aromatic carbocycles. The van der Waals surface area contributed by atoms with Gasteiger partial charge in [0.1, 0.15) is 5.82 Å². The summed E-state index contributed by atoms with van der Waals surface area (Å²) >= 11 is 0. The van der Waals surface area contributed by atoms with Crippen molar-refractivity contribution in [1.82, 2.24) is 10.3 Å². The fourth-order valence-corrected chi connectivity index (χ4v) is 2.76. The SMILES string of the molecule is CCCNC(c1ccncc1C)c1c(C)cc(C)cc1F. The Balaban J connectivity index is 2.54. The molecule has 1 unspecified atom stereocenters. The Labute approximate surface area is 126 Å². The van der Waals surface area contributed by atoms with Crippen LogP contribution < -0.4 is 5.32 Å². The topological polar surface area (TPSA) is 24.9 Å². The number of benzene rings is 1. The van der Waals surface area contributed by atoms with Crippen LogP contribution in [0, 0.1) is 26.6 Å². The molecular weight excluding hydrogens is 263 g/mol. The maximum absolute atomic E-state index is 14.6. The van der Waals surface area contributed by atoms with Crippen LogP contribution in [0.4, 0.5) is 4.39 Å². The largest absolute Gasteiger partial charge is 0.306 e. The van der Waals surface area contributed by atoms with Gasteiger partial charge in [0.2, 0.25) is 0 Å². The van der Waals surface area contributed by atoms with E-state index in [4.69, 9.17) is 0 Å². The third kappa shape index (κ3) is 3.48. The fourth-order valence-electron chi connectivity index (χ4n) is 2.76. The van der Waals surface area contributed by atoms with Crippen LogP contribution in [0.1, 0.15) is 47.2 Å². The van der Waals surface area contributed by atoms with E-state index in [2.05, 4.69) is 17.2 Å². The highest BCUT2D eigenvalue weighted by molar-refractivity contribution is 5.41. The van der Waals surface area contributed by atoms with Gasteiger partial charge in [-0.25, -0.2) is 4.39 Å². The molecule has 112 valence electrons. The summed E-state index contributed by atoms with van der Waals surface area (Å²) in [5.74, 6) is -0.141. The van der Waals surface area contributed by atoms with E-state index < -0.39 is 0 Å². The second kappa shape index (κ2) is 6.81. The van der Waals surface area contributed by atoms with Crippen molar-refractivity contribution >= 4 is 0 Å². The van der Waals surface area contributed by atoms with Crippen LogP contribution in [0.25, 0.3) is 0 Å². The molecule has 21 heavy (non-hydrogen) atoms. The number of aryl methyl sites for hydroxylation is 3. The Morgan fingerprint density at radius 3 is 2.57 bits per heavy atom. The Hall–Kier alpha value is -1.74. The van der Waals surface area contributed by atoms with Gasteiger partial charge in [0.05, 0.1) is 6.04 Å². The summed E-state index contributed by atoms with van der Waals surface area (Å²) in [6, 6.07) is 5.49. The highest BCUT2D eigenvalue weighted by Crippen LogP contribution is 2.29. The third-order valence-electron chi connectivity index (χ3n) is 3.74. The first kappa shape index (κ1) is 15.6. The molecule has 0 saturated heterocycles. The first-order chi connectivity index (χ1) is 10.0. The third-order valence-corrected chi connectivity index (χ3v) is 3.74. The van der Waals surface area contributed by atoms with E-state index in [1.807, 2.05) is 39.1 Å². The van der Waals surface area contributed by atoms with E-state index in [-0.39, 0.29) is 11.9 Å². The van der Waals surface area contributed by atoms with Crippen molar-refractivity contribution < 1.29 is 4.39 Å². The van der Waals surface area contributed by atoms with E-state index >= 15 is 0 Å². The zero-order chi connectivity index (χ0) is 15.4. The molecular formula is C18H23FN2. The summed E-state index contributed by atoms with van der Waals surface area (Å²) in [5.41, 5.74) is 4.84. The summed E-state index contributed by atoms with van der Waals surface area (Å²) in [6.45, 7) is 8.87. The number of nitrogens with one attached hydrogen (secondary N) is 1. The minimum absolute atomic E-state index is 0.131. The molecule has 2 aromatic rings. The monoisotopic (exact) mass is 286 g/mol. The average Bonchev–Trinajstić information content (AvgIpc) is 2.42. The molecule has 3 heteroatoms. The van der Waals surface area contributed by atoms with Crippen molar-refractivity contribution in [3.8, 4) is 0 Å². The zero-order valence-corrected chi connectivity index (χ0v) is 13.2. The summed E-state index contributed by atoms with van der Waals surface area (Å²) in [6.07, 6.45) is 4.61. The number of hydrogen-bond donors (Lipinski definition) is 1. The molecule has 0 fully saturated rings. The molecule has 1 N–H and O–H groups in total. The number of aromatic nitrogens is 1. The molecule has 0 saturated carbocycles. The number of pyridine rings is 1. The van der Waals surface area contributed by atoms with E-state index in [1.54, 1.807) is 12.3 Å². The van der Waals surface area contributed by atoms with Gasteiger partial charge in [0.15, 0.2) is 0 Å². The summed E-state index contributed by atoms with van der Waals surface area (Å²) in [4.78, 5) is 4.14. The molecule has 1 atom stereocenters. The first-order valence-electron chi connectivity index (χ1n) is 7.45. The number of nitrogens with zero attached hydrogens (tertiary/aromatic N) is 1. The number of halogens is 1. The maximum atomic E-state index is 14.6. The Bertz CT molecular complexity index is 599. The van der Waals surface area contributed by atoms with Gasteiger partial charge in [0, 0.05) is 18.0 Å². The van der Waals surface area contributed by atoms with Crippen molar-refractivity contribution in [2.24, 2.45) is 0 Å². The molecule has 2 rings (SSSR count). The predicted octanol–water partition coefficient (Wildman–Crippen LogP) is 4.23. The molecule has 0 radical (unpaired) electrons. The van der Waals surface area contributed by atoms with E-state index in [0.717, 1.165) is 40.8 Å². The molecule has 0 amide bonds. The van der Waals surface area contributed by atoms with E-state index in [9.17, 15) is 4.39 Å². The lowest BCUT2D eigenvalue weighted by Gasteiger charge is -2.24. The lowest BCUT2D eigenvalue weighted by atomic mass is 9.91. The van der Waals surface area contributed by atoms with Gasteiger partial charge < -0.3 is 5.32 Å². The van der Waals surface area contributed by atoms with Crippen molar-refractivity contribution in [2.75, 3.05) is 6.54 Å². The van der Waals surface area contributed by atoms with Crippen LogP contribution in [-0.4, -0.2) is 11.5 Å². The standard InChI is InChI=1S/C18H23FN2/c1-5-7-21-18(15-6-8-20-11-14(15)4)17-13(3)9-12(2)10-16(17)19/h6,8-11,18,21H,5,7H2,1-4H3. The van der Waals surface area contributed by atoms with Gasteiger partial charge in [-0.1, -0.05) is 13.0 Å². The molecule has 0 bridgehead atoms. The Morgan fingerprint density at radius 1 is 1.19 bits per heavy atom. The van der Waals surface area contributed by atoms with Crippen LogP contribution in [-0.2, 0) is 0 Å². The minimum Gasteiger partial charge on any atom is -0.306 e. The number of hydrogen-bond acceptors (Lipinski definition) is 2. The van der Waals surface area contributed by atoms with Crippen LogP contribution in [0.2, 0.25) is 0 Å². The van der Waals surface area contributed by atoms with Gasteiger partial charge in [-0.15, -0.1) is 0 Å². The van der Waals surface area contributed by atoms with Crippen molar-refractivity contribution in [3.05, 3.63) is 64.2 Å². The van der Waals surface area contributed by atoms with Crippen molar-refractivity contribution in [1.29, 1.82) is 0 Å². The lowest BCUT2D eigenvalue weighted by Crippen LogP contribution is -2.25.